The highest BCUT2D eigenvalue weighted by atomic mass is 16.2. The van der Waals surface area contributed by atoms with Gasteiger partial charge in [0.2, 0.25) is 11.8 Å². The van der Waals surface area contributed by atoms with Gasteiger partial charge in [0.1, 0.15) is 6.54 Å². The average molecular weight is 401 g/mol. The number of nitrogens with zero attached hydrogens (tertiary/aromatic N) is 1. The zero-order valence-electron chi connectivity index (χ0n) is 17.5. The quantitative estimate of drug-likeness (QED) is 0.706. The third-order valence-electron chi connectivity index (χ3n) is 6.12. The van der Waals surface area contributed by atoms with E-state index in [1.807, 2.05) is 51.1 Å². The lowest BCUT2D eigenvalue weighted by molar-refractivity contribution is -0.127. The number of amides is 4. The van der Waals surface area contributed by atoms with Crippen LogP contribution in [0.5, 0.6) is 0 Å². The van der Waals surface area contributed by atoms with Crippen LogP contribution in [-0.2, 0) is 16.1 Å². The van der Waals surface area contributed by atoms with E-state index in [1.165, 1.54) is 0 Å². The van der Waals surface area contributed by atoms with Crippen molar-refractivity contribution in [2.45, 2.75) is 58.2 Å². The zero-order chi connectivity index (χ0) is 21.0. The summed E-state index contributed by atoms with van der Waals surface area (Å²) in [6.07, 6.45) is 2.16. The molecule has 1 heterocycles. The third kappa shape index (κ3) is 5.49. The summed E-state index contributed by atoms with van der Waals surface area (Å²) in [6.45, 7) is 7.02. The zero-order valence-corrected chi connectivity index (χ0v) is 17.5. The number of nitrogens with one attached hydrogen (secondary N) is 3. The first-order valence-corrected chi connectivity index (χ1v) is 10.5. The molecule has 0 radical (unpaired) electrons. The number of fused-ring (bicyclic) bond motifs is 1. The molecule has 0 bridgehead atoms. The van der Waals surface area contributed by atoms with E-state index in [1.54, 1.807) is 4.90 Å². The molecule has 3 N–H and O–H groups in total. The van der Waals surface area contributed by atoms with Crippen molar-refractivity contribution in [2.24, 2.45) is 11.8 Å². The number of hydrogen-bond donors (Lipinski definition) is 3. The molecule has 1 aliphatic carbocycles. The second-order valence-electron chi connectivity index (χ2n) is 8.85. The van der Waals surface area contributed by atoms with Crippen LogP contribution in [0.1, 0.15) is 45.6 Å². The number of rotatable bonds is 5. The summed E-state index contributed by atoms with van der Waals surface area (Å²) in [7, 11) is 0. The molecule has 158 valence electrons. The van der Waals surface area contributed by atoms with Crippen LogP contribution in [0.3, 0.4) is 0 Å². The monoisotopic (exact) mass is 400 g/mol. The minimum absolute atomic E-state index is 0.0410. The van der Waals surface area contributed by atoms with Gasteiger partial charge in [-0.3, -0.25) is 9.59 Å². The van der Waals surface area contributed by atoms with Gasteiger partial charge in [-0.2, -0.15) is 0 Å². The summed E-state index contributed by atoms with van der Waals surface area (Å²) in [4.78, 5) is 39.2. The first-order chi connectivity index (χ1) is 13.8. The number of carbonyl (C=O) groups is 3. The number of urea groups is 1. The Morgan fingerprint density at radius 2 is 1.93 bits per heavy atom. The maximum Gasteiger partial charge on any atom is 0.318 e. The van der Waals surface area contributed by atoms with Crippen LogP contribution in [-0.4, -0.2) is 47.4 Å². The summed E-state index contributed by atoms with van der Waals surface area (Å²) in [6, 6.07) is 9.37. The van der Waals surface area contributed by atoms with Gasteiger partial charge in [-0.25, -0.2) is 4.79 Å². The maximum atomic E-state index is 12.7. The molecule has 1 aliphatic heterocycles. The summed E-state index contributed by atoms with van der Waals surface area (Å²) >= 11 is 0. The lowest BCUT2D eigenvalue weighted by atomic mass is 9.98. The highest BCUT2D eigenvalue weighted by Gasteiger charge is 2.42. The second kappa shape index (κ2) is 8.84. The lowest BCUT2D eigenvalue weighted by Gasteiger charge is -2.27. The number of hydrogen-bond acceptors (Lipinski definition) is 3. The van der Waals surface area contributed by atoms with Crippen molar-refractivity contribution < 1.29 is 14.4 Å². The second-order valence-corrected chi connectivity index (χ2v) is 8.85. The Labute approximate surface area is 172 Å². The molecule has 3 atom stereocenters. The molecule has 0 aromatic heterocycles. The Morgan fingerprint density at radius 1 is 1.21 bits per heavy atom. The van der Waals surface area contributed by atoms with E-state index < -0.39 is 0 Å². The molecule has 29 heavy (non-hydrogen) atoms. The van der Waals surface area contributed by atoms with Crippen molar-refractivity contribution in [3.8, 4) is 0 Å². The topological polar surface area (TPSA) is 90.5 Å². The Hall–Kier alpha value is -2.57. The molecule has 7 heteroatoms. The smallest absolute Gasteiger partial charge is 0.318 e. The molecule has 7 nitrogen and oxygen atoms in total. The lowest BCUT2D eigenvalue weighted by Crippen LogP contribution is -2.46. The van der Waals surface area contributed by atoms with Gasteiger partial charge in [-0.1, -0.05) is 37.3 Å². The third-order valence-corrected chi connectivity index (χ3v) is 6.12. The van der Waals surface area contributed by atoms with Crippen LogP contribution in [0.25, 0.3) is 0 Å². The van der Waals surface area contributed by atoms with E-state index in [2.05, 4.69) is 16.0 Å². The Balaban J connectivity index is 1.59. The van der Waals surface area contributed by atoms with Gasteiger partial charge in [0.15, 0.2) is 0 Å². The van der Waals surface area contributed by atoms with Gasteiger partial charge in [0, 0.05) is 30.6 Å². The van der Waals surface area contributed by atoms with E-state index in [9.17, 15) is 14.4 Å². The van der Waals surface area contributed by atoms with Crippen molar-refractivity contribution in [3.05, 3.63) is 35.9 Å². The minimum atomic E-state index is -0.246. The Morgan fingerprint density at radius 3 is 2.62 bits per heavy atom. The van der Waals surface area contributed by atoms with E-state index in [0.717, 1.165) is 12.0 Å². The molecule has 2 aliphatic rings. The Kier molecular flexibility index (Phi) is 6.45. The SMILES string of the molecule is CCC(C)(C)NC(=O)[C@H]1C[C@@H]2CN(C(=O)NCc3ccccc3)CC(=O)N[C@@H]2C1. The molecule has 1 saturated carbocycles. The van der Waals surface area contributed by atoms with Crippen molar-refractivity contribution in [1.29, 1.82) is 0 Å². The van der Waals surface area contributed by atoms with E-state index in [4.69, 9.17) is 0 Å². The Bertz CT molecular complexity index is 750. The van der Waals surface area contributed by atoms with E-state index >= 15 is 0 Å². The minimum Gasteiger partial charge on any atom is -0.351 e. The summed E-state index contributed by atoms with van der Waals surface area (Å²) in [5.74, 6) is -0.172. The van der Waals surface area contributed by atoms with Gasteiger partial charge in [-0.15, -0.1) is 0 Å². The van der Waals surface area contributed by atoms with Gasteiger partial charge in [0.25, 0.3) is 0 Å². The first kappa shape index (κ1) is 21.1. The van der Waals surface area contributed by atoms with Crippen LogP contribution in [0, 0.1) is 11.8 Å². The largest absolute Gasteiger partial charge is 0.351 e. The summed E-state index contributed by atoms with van der Waals surface area (Å²) in [5.41, 5.74) is 0.767. The predicted molar refractivity (Wildman–Crippen MR) is 111 cm³/mol. The van der Waals surface area contributed by atoms with Crippen molar-refractivity contribution in [1.82, 2.24) is 20.9 Å². The molecule has 0 unspecified atom stereocenters. The highest BCUT2D eigenvalue weighted by Crippen LogP contribution is 2.34. The molecule has 0 spiro atoms. The van der Waals surface area contributed by atoms with Crippen LogP contribution in [0.2, 0.25) is 0 Å². The van der Waals surface area contributed by atoms with E-state index in [-0.39, 0.29) is 47.8 Å². The summed E-state index contributed by atoms with van der Waals surface area (Å²) in [5, 5.41) is 9.03. The molecular formula is C22H32N4O3. The molecule has 1 saturated heterocycles. The highest BCUT2D eigenvalue weighted by molar-refractivity contribution is 5.85. The molecule has 2 fully saturated rings. The normalized spacial score (nSPS) is 24.3. The predicted octanol–water partition coefficient (Wildman–Crippen LogP) is 2.03. The fraction of sp³-hybridized carbons (Fsp3) is 0.591. The number of carbonyl (C=O) groups excluding carboxylic acids is 3. The van der Waals surface area contributed by atoms with Gasteiger partial charge in [-0.05, 0) is 44.6 Å². The first-order valence-electron chi connectivity index (χ1n) is 10.5. The maximum absolute atomic E-state index is 12.7. The van der Waals surface area contributed by atoms with Crippen molar-refractivity contribution in [2.75, 3.05) is 13.1 Å². The fourth-order valence-corrected chi connectivity index (χ4v) is 4.05. The molecule has 1 aromatic rings. The standard InChI is InChI=1S/C22H32N4O3/c1-4-22(2,3)25-20(28)16-10-17-13-26(14-19(27)24-18(17)11-16)21(29)23-12-15-8-6-5-7-9-15/h5-9,16-18H,4,10-14H2,1-3H3,(H,23,29)(H,24,27)(H,25,28)/t16-,17+,18+/m0/s1. The van der Waals surface area contributed by atoms with Crippen molar-refractivity contribution >= 4 is 17.8 Å². The van der Waals surface area contributed by atoms with Crippen molar-refractivity contribution in [3.63, 3.8) is 0 Å². The molecule has 4 amide bonds. The molecular weight excluding hydrogens is 368 g/mol. The fourth-order valence-electron chi connectivity index (χ4n) is 4.05. The molecule has 1 aromatic carbocycles. The van der Waals surface area contributed by atoms with Crippen LogP contribution in [0.4, 0.5) is 4.79 Å². The van der Waals surface area contributed by atoms with E-state index in [0.29, 0.717) is 25.9 Å². The van der Waals surface area contributed by atoms with Crippen LogP contribution >= 0.6 is 0 Å². The average Bonchev–Trinajstić information content (AvgIpc) is 3.01. The van der Waals surface area contributed by atoms with Crippen LogP contribution < -0.4 is 16.0 Å². The molecule has 3 rings (SSSR count). The van der Waals surface area contributed by atoms with Gasteiger partial charge < -0.3 is 20.9 Å². The summed E-state index contributed by atoms with van der Waals surface area (Å²) < 4.78 is 0. The number of benzene rings is 1. The van der Waals surface area contributed by atoms with Crippen LogP contribution in [0.15, 0.2) is 30.3 Å². The van der Waals surface area contributed by atoms with Gasteiger partial charge >= 0.3 is 6.03 Å². The van der Waals surface area contributed by atoms with Gasteiger partial charge in [0.05, 0.1) is 0 Å².